The average Bonchev–Trinajstić information content (AvgIpc) is 2.48. The van der Waals surface area contributed by atoms with E-state index in [9.17, 15) is 4.79 Å². The van der Waals surface area contributed by atoms with Gasteiger partial charge < -0.3 is 5.11 Å². The van der Waals surface area contributed by atoms with Crippen LogP contribution < -0.4 is 0 Å². The molecule has 0 atom stereocenters. The second kappa shape index (κ2) is 3.63. The summed E-state index contributed by atoms with van der Waals surface area (Å²) in [6.45, 7) is 1.77. The summed E-state index contributed by atoms with van der Waals surface area (Å²) in [6.07, 6.45) is 1.73. The van der Waals surface area contributed by atoms with Gasteiger partial charge in [0, 0.05) is 6.20 Å². The van der Waals surface area contributed by atoms with E-state index in [4.69, 9.17) is 5.11 Å². The van der Waals surface area contributed by atoms with E-state index >= 15 is 0 Å². The molecule has 2 aromatic heterocycles. The Balaban J connectivity index is 0.000000980. The highest BCUT2D eigenvalue weighted by Crippen LogP contribution is 2.08. The van der Waals surface area contributed by atoms with Crippen LogP contribution in [0.25, 0.3) is 5.65 Å². The average molecular weight is 214 g/mol. The molecule has 0 aliphatic heterocycles. The van der Waals surface area contributed by atoms with Gasteiger partial charge in [-0.2, -0.15) is 0 Å². The van der Waals surface area contributed by atoms with Gasteiger partial charge in [-0.1, -0.05) is 0 Å². The highest BCUT2D eigenvalue weighted by molar-refractivity contribution is 5.94. The summed E-state index contributed by atoms with van der Waals surface area (Å²) in [5.41, 5.74) is 0.551. The number of aromatic nitrogens is 3. The molecule has 0 bridgehead atoms. The lowest BCUT2D eigenvalue weighted by molar-refractivity contribution is 0.0698. The highest BCUT2D eigenvalue weighted by atomic mass is 35.5. The maximum absolute atomic E-state index is 10.7. The second-order valence-corrected chi connectivity index (χ2v) is 2.67. The molecular weight excluding hydrogens is 206 g/mol. The first kappa shape index (κ1) is 10.5. The van der Waals surface area contributed by atoms with Gasteiger partial charge in [-0.05, 0) is 19.1 Å². The molecule has 0 aliphatic carbocycles. The quantitative estimate of drug-likeness (QED) is 0.772. The minimum absolute atomic E-state index is 0. The van der Waals surface area contributed by atoms with Crippen molar-refractivity contribution in [3.63, 3.8) is 0 Å². The van der Waals surface area contributed by atoms with Crippen LogP contribution in [0.4, 0.5) is 0 Å². The van der Waals surface area contributed by atoms with E-state index in [1.54, 1.807) is 23.6 Å². The maximum Gasteiger partial charge on any atom is 0.339 e. The summed E-state index contributed by atoms with van der Waals surface area (Å²) in [5, 5.41) is 16.4. The van der Waals surface area contributed by atoms with Crippen molar-refractivity contribution in [2.45, 2.75) is 6.92 Å². The molecule has 0 saturated heterocycles. The third-order valence-corrected chi connectivity index (χ3v) is 1.84. The fraction of sp³-hybridized carbons (Fsp3) is 0.125. The van der Waals surface area contributed by atoms with Crippen LogP contribution in [0.2, 0.25) is 0 Å². The zero-order chi connectivity index (χ0) is 9.42. The largest absolute Gasteiger partial charge is 0.478 e. The molecule has 2 aromatic rings. The number of carboxylic acids is 1. The van der Waals surface area contributed by atoms with Gasteiger partial charge in [0.2, 0.25) is 0 Å². The molecule has 0 aliphatic rings. The molecule has 0 amide bonds. The summed E-state index contributed by atoms with van der Waals surface area (Å²) >= 11 is 0. The van der Waals surface area contributed by atoms with E-state index in [0.717, 1.165) is 0 Å². The number of aromatic carboxylic acids is 1. The maximum atomic E-state index is 10.7. The third kappa shape index (κ3) is 1.42. The fourth-order valence-corrected chi connectivity index (χ4v) is 1.20. The predicted octanol–water partition coefficient (Wildman–Crippen LogP) is 1.16. The Morgan fingerprint density at radius 1 is 1.50 bits per heavy atom. The molecule has 2 rings (SSSR count). The molecule has 0 spiro atoms. The molecule has 0 unspecified atom stereocenters. The van der Waals surface area contributed by atoms with Gasteiger partial charge in [0.25, 0.3) is 0 Å². The van der Waals surface area contributed by atoms with Crippen LogP contribution in [0.1, 0.15) is 16.2 Å². The van der Waals surface area contributed by atoms with Crippen molar-refractivity contribution < 1.29 is 9.90 Å². The number of carboxylic acid groups (broad SMARTS) is 1. The summed E-state index contributed by atoms with van der Waals surface area (Å²) < 4.78 is 1.64. The Kier molecular flexibility index (Phi) is 2.71. The molecule has 0 radical (unpaired) electrons. The smallest absolute Gasteiger partial charge is 0.339 e. The number of carbonyl (C=O) groups is 1. The normalized spacial score (nSPS) is 9.79. The number of nitrogens with zero attached hydrogens (tertiary/aromatic N) is 3. The van der Waals surface area contributed by atoms with E-state index in [1.807, 2.05) is 0 Å². The van der Waals surface area contributed by atoms with Gasteiger partial charge in [0.15, 0.2) is 5.65 Å². The van der Waals surface area contributed by atoms with Crippen LogP contribution >= 0.6 is 12.4 Å². The van der Waals surface area contributed by atoms with Crippen LogP contribution in [0, 0.1) is 6.92 Å². The van der Waals surface area contributed by atoms with E-state index in [-0.39, 0.29) is 18.0 Å². The zero-order valence-electron chi connectivity index (χ0n) is 7.34. The molecule has 5 nitrogen and oxygen atoms in total. The minimum atomic E-state index is -0.988. The van der Waals surface area contributed by atoms with Gasteiger partial charge in [0.1, 0.15) is 11.4 Å². The molecule has 0 fully saturated rings. The molecule has 14 heavy (non-hydrogen) atoms. The Bertz CT molecular complexity index is 480. The van der Waals surface area contributed by atoms with E-state index < -0.39 is 5.97 Å². The monoisotopic (exact) mass is 213 g/mol. The van der Waals surface area contributed by atoms with Crippen molar-refractivity contribution in [1.29, 1.82) is 0 Å². The molecule has 6 heteroatoms. The number of rotatable bonds is 1. The number of aryl methyl sites for hydroxylation is 1. The lowest BCUT2D eigenvalue weighted by Gasteiger charge is -1.96. The summed E-state index contributed by atoms with van der Waals surface area (Å²) in [4.78, 5) is 10.7. The fourth-order valence-electron chi connectivity index (χ4n) is 1.20. The lowest BCUT2D eigenvalue weighted by Crippen LogP contribution is -2.00. The van der Waals surface area contributed by atoms with Crippen molar-refractivity contribution in [1.82, 2.24) is 14.6 Å². The Labute approximate surface area is 85.8 Å². The Morgan fingerprint density at radius 2 is 2.21 bits per heavy atom. The van der Waals surface area contributed by atoms with Crippen molar-refractivity contribution in [3.05, 3.63) is 29.7 Å². The lowest BCUT2D eigenvalue weighted by atomic mass is 10.3. The number of halogens is 1. The topological polar surface area (TPSA) is 67.5 Å². The van der Waals surface area contributed by atoms with Crippen molar-refractivity contribution in [2.24, 2.45) is 0 Å². The standard InChI is InChI=1S/C8H7N3O2.ClH/c1-5-9-10-7-6(8(12)13)3-2-4-11(5)7;/h2-4H,1H3,(H,12,13);1H. The van der Waals surface area contributed by atoms with Gasteiger partial charge >= 0.3 is 5.97 Å². The van der Waals surface area contributed by atoms with E-state index in [2.05, 4.69) is 10.2 Å². The summed E-state index contributed by atoms with van der Waals surface area (Å²) in [6, 6.07) is 3.17. The van der Waals surface area contributed by atoms with Gasteiger partial charge in [-0.3, -0.25) is 4.40 Å². The molecule has 1 N–H and O–H groups in total. The molecule has 74 valence electrons. The van der Waals surface area contributed by atoms with Crippen molar-refractivity contribution >= 4 is 24.0 Å². The van der Waals surface area contributed by atoms with Crippen LogP contribution in [-0.4, -0.2) is 25.7 Å². The zero-order valence-corrected chi connectivity index (χ0v) is 8.15. The first-order valence-corrected chi connectivity index (χ1v) is 3.74. The highest BCUT2D eigenvalue weighted by Gasteiger charge is 2.11. The van der Waals surface area contributed by atoms with Gasteiger partial charge in [-0.15, -0.1) is 22.6 Å². The number of hydrogen-bond donors (Lipinski definition) is 1. The minimum Gasteiger partial charge on any atom is -0.478 e. The van der Waals surface area contributed by atoms with Crippen molar-refractivity contribution in [2.75, 3.05) is 0 Å². The molecule has 0 saturated carbocycles. The second-order valence-electron chi connectivity index (χ2n) is 2.67. The SMILES string of the molecule is Cc1nnc2c(C(=O)O)cccn12.Cl. The predicted molar refractivity (Wildman–Crippen MR) is 51.9 cm³/mol. The Hall–Kier alpha value is -1.62. The number of pyridine rings is 1. The van der Waals surface area contributed by atoms with Gasteiger partial charge in [-0.25, -0.2) is 4.79 Å². The third-order valence-electron chi connectivity index (χ3n) is 1.84. The molecular formula is C8H8ClN3O2. The first-order chi connectivity index (χ1) is 6.20. The van der Waals surface area contributed by atoms with Crippen LogP contribution in [-0.2, 0) is 0 Å². The van der Waals surface area contributed by atoms with Crippen molar-refractivity contribution in [3.8, 4) is 0 Å². The van der Waals surface area contributed by atoms with Crippen LogP contribution in [0.3, 0.4) is 0 Å². The van der Waals surface area contributed by atoms with Crippen LogP contribution in [0.5, 0.6) is 0 Å². The van der Waals surface area contributed by atoms with Crippen LogP contribution in [0.15, 0.2) is 18.3 Å². The van der Waals surface area contributed by atoms with E-state index in [0.29, 0.717) is 11.5 Å². The van der Waals surface area contributed by atoms with Gasteiger partial charge in [0.05, 0.1) is 0 Å². The number of fused-ring (bicyclic) bond motifs is 1. The molecule has 2 heterocycles. The Morgan fingerprint density at radius 3 is 2.86 bits per heavy atom. The molecule has 0 aromatic carbocycles. The summed E-state index contributed by atoms with van der Waals surface area (Å²) in [7, 11) is 0. The number of hydrogen-bond acceptors (Lipinski definition) is 3. The van der Waals surface area contributed by atoms with E-state index in [1.165, 1.54) is 6.07 Å². The first-order valence-electron chi connectivity index (χ1n) is 3.74. The summed E-state index contributed by atoms with van der Waals surface area (Å²) in [5.74, 6) is -0.309.